The van der Waals surface area contributed by atoms with Crippen molar-refractivity contribution in [3.63, 3.8) is 0 Å². The molecule has 1 atom stereocenters. The van der Waals surface area contributed by atoms with Crippen LogP contribution in [0.2, 0.25) is 0 Å². The fourth-order valence-corrected chi connectivity index (χ4v) is 2.03. The Kier molecular flexibility index (Phi) is 4.21. The van der Waals surface area contributed by atoms with Crippen molar-refractivity contribution >= 4 is 5.82 Å². The molecule has 2 heterocycles. The Morgan fingerprint density at radius 3 is 3.00 bits per heavy atom. The van der Waals surface area contributed by atoms with Gasteiger partial charge < -0.3 is 19.9 Å². The van der Waals surface area contributed by atoms with Gasteiger partial charge in [0.15, 0.2) is 5.82 Å². The molecular weight excluding hydrogens is 244 g/mol. The molecular formula is C13H22N4O2. The topological polar surface area (TPSA) is 68.2 Å². The van der Waals surface area contributed by atoms with Crippen LogP contribution in [0.5, 0.6) is 0 Å². The molecule has 1 aliphatic heterocycles. The number of hydrogen-bond acceptors (Lipinski definition) is 5. The van der Waals surface area contributed by atoms with Crippen molar-refractivity contribution in [1.29, 1.82) is 0 Å². The standard InChI is InChI=1S/C13H22N4O2/c1-13(2,3)17-6-4-15-11(12(17)18)16-8-10-9-19-7-5-14-10/h4,6,10,14H,5,7-9H2,1-3H3,(H,15,16). The first-order chi connectivity index (χ1) is 8.98. The molecule has 1 unspecified atom stereocenters. The number of nitrogens with one attached hydrogen (secondary N) is 2. The molecule has 2 rings (SSSR count). The second kappa shape index (κ2) is 5.71. The second-order valence-corrected chi connectivity index (χ2v) is 5.73. The van der Waals surface area contributed by atoms with Gasteiger partial charge in [0.05, 0.1) is 13.2 Å². The van der Waals surface area contributed by atoms with E-state index in [2.05, 4.69) is 15.6 Å². The monoisotopic (exact) mass is 266 g/mol. The van der Waals surface area contributed by atoms with Gasteiger partial charge in [0, 0.05) is 37.1 Å². The lowest BCUT2D eigenvalue weighted by Gasteiger charge is -2.25. The van der Waals surface area contributed by atoms with E-state index in [0.717, 1.165) is 13.2 Å². The van der Waals surface area contributed by atoms with E-state index in [4.69, 9.17) is 4.74 Å². The van der Waals surface area contributed by atoms with E-state index in [1.165, 1.54) is 0 Å². The lowest BCUT2D eigenvalue weighted by atomic mass is 10.1. The first-order valence-corrected chi connectivity index (χ1v) is 6.61. The summed E-state index contributed by atoms with van der Waals surface area (Å²) in [7, 11) is 0. The Balaban J connectivity index is 2.06. The molecule has 0 bridgehead atoms. The number of ether oxygens (including phenoxy) is 1. The third kappa shape index (κ3) is 3.54. The van der Waals surface area contributed by atoms with E-state index < -0.39 is 0 Å². The molecule has 1 fully saturated rings. The second-order valence-electron chi connectivity index (χ2n) is 5.73. The average molecular weight is 266 g/mol. The fourth-order valence-electron chi connectivity index (χ4n) is 2.03. The van der Waals surface area contributed by atoms with E-state index in [9.17, 15) is 4.79 Å². The molecule has 6 nitrogen and oxygen atoms in total. The van der Waals surface area contributed by atoms with Gasteiger partial charge in [-0.2, -0.15) is 0 Å². The molecule has 0 radical (unpaired) electrons. The van der Waals surface area contributed by atoms with Gasteiger partial charge in [-0.05, 0) is 20.8 Å². The summed E-state index contributed by atoms with van der Waals surface area (Å²) in [6.07, 6.45) is 3.37. The summed E-state index contributed by atoms with van der Waals surface area (Å²) >= 11 is 0. The van der Waals surface area contributed by atoms with E-state index in [-0.39, 0.29) is 17.1 Å². The quantitative estimate of drug-likeness (QED) is 0.829. The van der Waals surface area contributed by atoms with Crippen LogP contribution in [0.4, 0.5) is 5.82 Å². The van der Waals surface area contributed by atoms with E-state index in [1.54, 1.807) is 17.0 Å². The zero-order chi connectivity index (χ0) is 13.9. The zero-order valence-corrected chi connectivity index (χ0v) is 11.8. The van der Waals surface area contributed by atoms with Gasteiger partial charge in [0.25, 0.3) is 5.56 Å². The number of nitrogens with zero attached hydrogens (tertiary/aromatic N) is 2. The summed E-state index contributed by atoms with van der Waals surface area (Å²) in [5.41, 5.74) is -0.338. The maximum absolute atomic E-state index is 12.3. The van der Waals surface area contributed by atoms with Crippen molar-refractivity contribution in [3.05, 3.63) is 22.7 Å². The SMILES string of the molecule is CC(C)(C)n1ccnc(NCC2COCCN2)c1=O. The molecule has 19 heavy (non-hydrogen) atoms. The van der Waals surface area contributed by atoms with Crippen molar-refractivity contribution in [1.82, 2.24) is 14.9 Å². The van der Waals surface area contributed by atoms with Crippen LogP contribution in [0.15, 0.2) is 17.2 Å². The molecule has 2 N–H and O–H groups in total. The van der Waals surface area contributed by atoms with Crippen LogP contribution in [0.3, 0.4) is 0 Å². The first-order valence-electron chi connectivity index (χ1n) is 6.61. The minimum absolute atomic E-state index is 0.0910. The minimum Gasteiger partial charge on any atom is -0.378 e. The van der Waals surface area contributed by atoms with Gasteiger partial charge in [-0.15, -0.1) is 0 Å². The number of aromatic nitrogens is 2. The molecule has 0 spiro atoms. The fraction of sp³-hybridized carbons (Fsp3) is 0.692. The summed E-state index contributed by atoms with van der Waals surface area (Å²) in [4.78, 5) is 16.4. The van der Waals surface area contributed by atoms with E-state index in [1.807, 2.05) is 20.8 Å². The Morgan fingerprint density at radius 1 is 1.58 bits per heavy atom. The predicted molar refractivity (Wildman–Crippen MR) is 74.6 cm³/mol. The number of hydrogen-bond donors (Lipinski definition) is 2. The lowest BCUT2D eigenvalue weighted by molar-refractivity contribution is 0.0806. The van der Waals surface area contributed by atoms with Crippen LogP contribution in [0, 0.1) is 0 Å². The highest BCUT2D eigenvalue weighted by Crippen LogP contribution is 2.10. The third-order valence-electron chi connectivity index (χ3n) is 3.08. The van der Waals surface area contributed by atoms with Crippen LogP contribution in [-0.2, 0) is 10.3 Å². The maximum atomic E-state index is 12.3. The van der Waals surface area contributed by atoms with Crippen LogP contribution in [0.25, 0.3) is 0 Å². The Bertz CT molecular complexity index is 472. The highest BCUT2D eigenvalue weighted by Gasteiger charge is 2.18. The summed E-state index contributed by atoms with van der Waals surface area (Å²) in [6, 6.07) is 0.221. The van der Waals surface area contributed by atoms with Crippen molar-refractivity contribution in [2.45, 2.75) is 32.4 Å². The first kappa shape index (κ1) is 14.0. The Morgan fingerprint density at radius 2 is 2.37 bits per heavy atom. The maximum Gasteiger partial charge on any atom is 0.293 e. The van der Waals surface area contributed by atoms with Gasteiger partial charge >= 0.3 is 0 Å². The minimum atomic E-state index is -0.247. The number of rotatable bonds is 3. The van der Waals surface area contributed by atoms with E-state index in [0.29, 0.717) is 19.0 Å². The molecule has 1 saturated heterocycles. The number of anilines is 1. The average Bonchev–Trinajstić information content (AvgIpc) is 2.37. The predicted octanol–water partition coefficient (Wildman–Crippen LogP) is 0.399. The van der Waals surface area contributed by atoms with Crippen LogP contribution in [-0.4, -0.2) is 41.9 Å². The molecule has 0 saturated carbocycles. The zero-order valence-electron chi connectivity index (χ0n) is 11.8. The van der Waals surface area contributed by atoms with Crippen LogP contribution in [0.1, 0.15) is 20.8 Å². The molecule has 0 amide bonds. The molecule has 1 aromatic heterocycles. The van der Waals surface area contributed by atoms with Gasteiger partial charge in [-0.3, -0.25) is 4.79 Å². The summed E-state index contributed by atoms with van der Waals surface area (Å²) in [5, 5.41) is 6.44. The normalized spacial score (nSPS) is 20.3. The third-order valence-corrected chi connectivity index (χ3v) is 3.08. The van der Waals surface area contributed by atoms with Gasteiger partial charge in [-0.1, -0.05) is 0 Å². The highest BCUT2D eigenvalue weighted by atomic mass is 16.5. The molecule has 1 aromatic rings. The van der Waals surface area contributed by atoms with Crippen molar-refractivity contribution in [2.75, 3.05) is 31.6 Å². The van der Waals surface area contributed by atoms with Crippen molar-refractivity contribution < 1.29 is 4.74 Å². The van der Waals surface area contributed by atoms with Gasteiger partial charge in [0.1, 0.15) is 0 Å². The van der Waals surface area contributed by atoms with Crippen LogP contribution >= 0.6 is 0 Å². The van der Waals surface area contributed by atoms with Gasteiger partial charge in [0.2, 0.25) is 0 Å². The molecule has 106 valence electrons. The summed E-state index contributed by atoms with van der Waals surface area (Å²) in [5.74, 6) is 0.393. The van der Waals surface area contributed by atoms with E-state index >= 15 is 0 Å². The molecule has 0 aliphatic carbocycles. The Labute approximate surface area is 113 Å². The summed E-state index contributed by atoms with van der Waals surface area (Å²) in [6.45, 7) is 8.87. The number of morpholine rings is 1. The summed E-state index contributed by atoms with van der Waals surface area (Å²) < 4.78 is 7.06. The molecule has 1 aliphatic rings. The van der Waals surface area contributed by atoms with Crippen molar-refractivity contribution in [3.8, 4) is 0 Å². The Hall–Kier alpha value is -1.40. The highest BCUT2D eigenvalue weighted by molar-refractivity contribution is 5.31. The lowest BCUT2D eigenvalue weighted by Crippen LogP contribution is -2.46. The molecule has 6 heteroatoms. The smallest absolute Gasteiger partial charge is 0.293 e. The van der Waals surface area contributed by atoms with Gasteiger partial charge in [-0.25, -0.2) is 4.98 Å². The molecule has 0 aromatic carbocycles. The van der Waals surface area contributed by atoms with Crippen molar-refractivity contribution in [2.24, 2.45) is 0 Å². The van der Waals surface area contributed by atoms with Crippen LogP contribution < -0.4 is 16.2 Å². The largest absolute Gasteiger partial charge is 0.378 e.